The third-order valence-corrected chi connectivity index (χ3v) is 8.19. The molecule has 0 saturated heterocycles. The third kappa shape index (κ3) is 8.21. The molecule has 0 bridgehead atoms. The summed E-state index contributed by atoms with van der Waals surface area (Å²) in [6, 6.07) is 18.7. The van der Waals surface area contributed by atoms with Gasteiger partial charge in [0.15, 0.2) is 0 Å². The van der Waals surface area contributed by atoms with Crippen molar-refractivity contribution < 1.29 is 18.0 Å². The van der Waals surface area contributed by atoms with Gasteiger partial charge in [-0.05, 0) is 94.3 Å². The Hall–Kier alpha value is -3.07. The van der Waals surface area contributed by atoms with E-state index in [9.17, 15) is 18.0 Å². The molecule has 0 aliphatic heterocycles. The van der Waals surface area contributed by atoms with Crippen molar-refractivity contribution in [1.82, 2.24) is 10.2 Å². The number of hydrogen-bond donors (Lipinski definition) is 1. The fourth-order valence-corrected chi connectivity index (χ4v) is 5.55. The van der Waals surface area contributed by atoms with Gasteiger partial charge in [0.25, 0.3) is 10.0 Å². The lowest BCUT2D eigenvalue weighted by atomic mass is 10.1. The van der Waals surface area contributed by atoms with Gasteiger partial charge in [-0.2, -0.15) is 0 Å². The second-order valence-electron chi connectivity index (χ2n) is 10.4. The number of amides is 2. The van der Waals surface area contributed by atoms with Gasteiger partial charge in [-0.1, -0.05) is 47.5 Å². The van der Waals surface area contributed by atoms with E-state index in [0.29, 0.717) is 15.7 Å². The lowest BCUT2D eigenvalue weighted by molar-refractivity contribution is -0.140. The highest BCUT2D eigenvalue weighted by atomic mass is 35.5. The molecule has 0 fully saturated rings. The highest BCUT2D eigenvalue weighted by Gasteiger charge is 2.33. The van der Waals surface area contributed by atoms with Crippen molar-refractivity contribution in [1.29, 1.82) is 0 Å². The molecule has 10 heteroatoms. The van der Waals surface area contributed by atoms with Crippen LogP contribution in [-0.4, -0.2) is 43.3 Å². The Morgan fingerprint density at radius 1 is 0.923 bits per heavy atom. The summed E-state index contributed by atoms with van der Waals surface area (Å²) in [4.78, 5) is 28.4. The van der Waals surface area contributed by atoms with Crippen LogP contribution in [0, 0.1) is 6.92 Å². The van der Waals surface area contributed by atoms with E-state index in [2.05, 4.69) is 5.32 Å². The predicted molar refractivity (Wildman–Crippen MR) is 157 cm³/mol. The number of sulfonamides is 1. The highest BCUT2D eigenvalue weighted by Crippen LogP contribution is 2.26. The average molecular weight is 591 g/mol. The molecule has 0 unspecified atom stereocenters. The molecule has 208 valence electrons. The van der Waals surface area contributed by atoms with Gasteiger partial charge in [0.05, 0.1) is 10.6 Å². The number of nitrogens with zero attached hydrogens (tertiary/aromatic N) is 2. The van der Waals surface area contributed by atoms with E-state index in [1.54, 1.807) is 49.4 Å². The fourth-order valence-electron chi connectivity index (χ4n) is 3.89. The second kappa shape index (κ2) is 12.4. The molecule has 0 aromatic heterocycles. The number of anilines is 1. The lowest BCUT2D eigenvalue weighted by Gasteiger charge is -2.33. The maximum Gasteiger partial charge on any atom is 0.264 e. The summed E-state index contributed by atoms with van der Waals surface area (Å²) in [5.74, 6) is -0.895. The van der Waals surface area contributed by atoms with Crippen LogP contribution in [0.15, 0.2) is 77.7 Å². The minimum atomic E-state index is -4.16. The van der Waals surface area contributed by atoms with E-state index < -0.39 is 34.1 Å². The molecular formula is C29H33Cl2N3O4S. The van der Waals surface area contributed by atoms with Crippen molar-refractivity contribution in [3.63, 3.8) is 0 Å². The summed E-state index contributed by atoms with van der Waals surface area (Å²) in [6.07, 6.45) is 0. The molecule has 1 N–H and O–H groups in total. The number of rotatable bonds is 9. The SMILES string of the molecule is Cc1cccc(N(CC(=O)N(Cc2ccc(Cl)cc2)[C@H](C)C(=O)NC(C)(C)C)S(=O)(=O)c2ccc(Cl)cc2)c1. The van der Waals surface area contributed by atoms with Crippen molar-refractivity contribution in [2.45, 2.75) is 57.6 Å². The standard InChI is InChI=1S/C29H33Cl2N3O4S/c1-20-7-6-8-25(17-20)34(39(37,38)26-15-13-24(31)14-16-26)19-27(35)33(18-22-9-11-23(30)12-10-22)21(2)28(36)32-29(3,4)5/h6-17,21H,18-19H2,1-5H3,(H,32,36)/t21-/m1/s1. The maximum atomic E-state index is 13.9. The van der Waals surface area contributed by atoms with Crippen molar-refractivity contribution in [3.8, 4) is 0 Å². The summed E-state index contributed by atoms with van der Waals surface area (Å²) in [5, 5.41) is 3.83. The van der Waals surface area contributed by atoms with Gasteiger partial charge in [0.1, 0.15) is 12.6 Å². The van der Waals surface area contributed by atoms with Crippen LogP contribution in [0.4, 0.5) is 5.69 Å². The van der Waals surface area contributed by atoms with E-state index in [1.165, 1.54) is 29.2 Å². The zero-order chi connectivity index (χ0) is 29.0. The first-order valence-corrected chi connectivity index (χ1v) is 14.6. The van der Waals surface area contributed by atoms with Crippen molar-refractivity contribution >= 4 is 50.7 Å². The molecule has 2 amide bonds. The zero-order valence-electron chi connectivity index (χ0n) is 22.6. The van der Waals surface area contributed by atoms with Gasteiger partial charge >= 0.3 is 0 Å². The van der Waals surface area contributed by atoms with Crippen LogP contribution in [-0.2, 0) is 26.2 Å². The Balaban J connectivity index is 2.03. The normalized spacial score (nSPS) is 12.5. The second-order valence-corrected chi connectivity index (χ2v) is 13.1. The summed E-state index contributed by atoms with van der Waals surface area (Å²) < 4.78 is 28.7. The number of carbonyl (C=O) groups is 2. The third-order valence-electron chi connectivity index (χ3n) is 5.90. The first-order valence-electron chi connectivity index (χ1n) is 12.4. The molecule has 0 heterocycles. The smallest absolute Gasteiger partial charge is 0.264 e. The van der Waals surface area contributed by atoms with Crippen LogP contribution in [0.3, 0.4) is 0 Å². The number of carbonyl (C=O) groups excluding carboxylic acids is 2. The number of aryl methyl sites for hydroxylation is 1. The highest BCUT2D eigenvalue weighted by molar-refractivity contribution is 7.92. The van der Waals surface area contributed by atoms with Gasteiger partial charge in [-0.25, -0.2) is 8.42 Å². The van der Waals surface area contributed by atoms with Crippen LogP contribution in [0.25, 0.3) is 0 Å². The minimum Gasteiger partial charge on any atom is -0.350 e. The molecule has 39 heavy (non-hydrogen) atoms. The van der Waals surface area contributed by atoms with E-state index in [4.69, 9.17) is 23.2 Å². The van der Waals surface area contributed by atoms with Gasteiger partial charge in [-0.15, -0.1) is 0 Å². The molecule has 0 aliphatic carbocycles. The molecule has 0 radical (unpaired) electrons. The Kier molecular flexibility index (Phi) is 9.69. The van der Waals surface area contributed by atoms with Gasteiger partial charge in [-0.3, -0.25) is 13.9 Å². The quantitative estimate of drug-likeness (QED) is 0.340. The number of hydrogen-bond acceptors (Lipinski definition) is 4. The maximum absolute atomic E-state index is 13.9. The first-order chi connectivity index (χ1) is 18.2. The Morgan fingerprint density at radius 2 is 1.49 bits per heavy atom. The Morgan fingerprint density at radius 3 is 2.03 bits per heavy atom. The van der Waals surface area contributed by atoms with E-state index in [-0.39, 0.29) is 17.3 Å². The zero-order valence-corrected chi connectivity index (χ0v) is 24.9. The van der Waals surface area contributed by atoms with E-state index in [1.807, 2.05) is 33.8 Å². The van der Waals surface area contributed by atoms with Crippen molar-refractivity contribution in [3.05, 3.63) is 94.0 Å². The molecular weight excluding hydrogens is 557 g/mol. The molecule has 7 nitrogen and oxygen atoms in total. The first kappa shape index (κ1) is 30.5. The van der Waals surface area contributed by atoms with Gasteiger partial charge < -0.3 is 10.2 Å². The van der Waals surface area contributed by atoms with Crippen molar-refractivity contribution in [2.75, 3.05) is 10.8 Å². The molecule has 1 atom stereocenters. The number of halogens is 2. The number of nitrogens with one attached hydrogen (secondary N) is 1. The van der Waals surface area contributed by atoms with E-state index in [0.717, 1.165) is 15.4 Å². The monoisotopic (exact) mass is 589 g/mol. The van der Waals surface area contributed by atoms with Crippen molar-refractivity contribution in [2.24, 2.45) is 0 Å². The molecule has 0 saturated carbocycles. The van der Waals surface area contributed by atoms with Gasteiger partial charge in [0, 0.05) is 22.1 Å². The molecule has 0 aliphatic rings. The fraction of sp³-hybridized carbons (Fsp3) is 0.310. The summed E-state index contributed by atoms with van der Waals surface area (Å²) >= 11 is 12.0. The molecule has 3 rings (SSSR count). The summed E-state index contributed by atoms with van der Waals surface area (Å²) in [6.45, 7) is 8.57. The lowest BCUT2D eigenvalue weighted by Crippen LogP contribution is -2.54. The van der Waals surface area contributed by atoms with Crippen LogP contribution in [0.1, 0.15) is 38.8 Å². The number of benzene rings is 3. The predicted octanol–water partition coefficient (Wildman–Crippen LogP) is 5.83. The minimum absolute atomic E-state index is 0.0102. The Bertz CT molecular complexity index is 1420. The van der Waals surface area contributed by atoms with Crippen LogP contribution >= 0.6 is 23.2 Å². The van der Waals surface area contributed by atoms with E-state index >= 15 is 0 Å². The van der Waals surface area contributed by atoms with Crippen LogP contribution < -0.4 is 9.62 Å². The molecule has 3 aromatic rings. The summed E-state index contributed by atoms with van der Waals surface area (Å²) in [7, 11) is -4.16. The molecule has 3 aromatic carbocycles. The largest absolute Gasteiger partial charge is 0.350 e. The summed E-state index contributed by atoms with van der Waals surface area (Å²) in [5.41, 5.74) is 1.38. The topological polar surface area (TPSA) is 86.8 Å². The average Bonchev–Trinajstić information content (AvgIpc) is 2.85. The van der Waals surface area contributed by atoms with Crippen LogP contribution in [0.2, 0.25) is 10.0 Å². The Labute approximate surface area is 240 Å². The molecule has 0 spiro atoms. The van der Waals surface area contributed by atoms with Crippen LogP contribution in [0.5, 0.6) is 0 Å². The van der Waals surface area contributed by atoms with Gasteiger partial charge in [0.2, 0.25) is 11.8 Å².